The summed E-state index contributed by atoms with van der Waals surface area (Å²) in [4.78, 5) is 35.2. The van der Waals surface area contributed by atoms with Gasteiger partial charge in [-0.2, -0.15) is 0 Å². The van der Waals surface area contributed by atoms with Crippen LogP contribution in [0.4, 0.5) is 0 Å². The molecule has 0 aliphatic carbocycles. The number of likely N-dealkylation sites (tertiary alicyclic amines) is 1. The Morgan fingerprint density at radius 3 is 2.56 bits per heavy atom. The molecule has 1 saturated heterocycles. The van der Waals surface area contributed by atoms with E-state index in [4.69, 9.17) is 9.84 Å². The highest BCUT2D eigenvalue weighted by Crippen LogP contribution is 2.11. The Balaban J connectivity index is 2.32. The summed E-state index contributed by atoms with van der Waals surface area (Å²) in [6, 6.07) is -0.465. The third kappa shape index (κ3) is 4.08. The van der Waals surface area contributed by atoms with Gasteiger partial charge < -0.3 is 15.2 Å². The molecule has 1 rings (SSSR count). The number of imide groups is 1. The molecule has 0 aromatic rings. The van der Waals surface area contributed by atoms with Crippen molar-refractivity contribution in [2.45, 2.75) is 25.3 Å². The van der Waals surface area contributed by atoms with Crippen LogP contribution >= 0.6 is 0 Å². The molecule has 0 aromatic heterocycles. The van der Waals surface area contributed by atoms with E-state index in [1.807, 2.05) is 0 Å². The van der Waals surface area contributed by atoms with Gasteiger partial charge in [0.1, 0.15) is 0 Å². The summed E-state index contributed by atoms with van der Waals surface area (Å²) in [6.07, 6.45) is 0.491. The van der Waals surface area contributed by atoms with E-state index in [1.54, 1.807) is 0 Å². The van der Waals surface area contributed by atoms with Gasteiger partial charge in [0.2, 0.25) is 17.7 Å². The second-order valence-electron chi connectivity index (χ2n) is 4.09. The van der Waals surface area contributed by atoms with Crippen molar-refractivity contribution in [3.8, 4) is 0 Å². The first kappa shape index (κ1) is 14.6. The van der Waals surface area contributed by atoms with Gasteiger partial charge in [0.25, 0.3) is 0 Å². The van der Waals surface area contributed by atoms with Crippen molar-refractivity contribution < 1.29 is 24.2 Å². The van der Waals surface area contributed by atoms with Gasteiger partial charge in [-0.1, -0.05) is 0 Å². The molecule has 0 radical (unpaired) electrons. The lowest BCUT2D eigenvalue weighted by Gasteiger charge is -2.17. The lowest BCUT2D eigenvalue weighted by Crippen LogP contribution is -2.42. The Morgan fingerprint density at radius 1 is 1.44 bits per heavy atom. The lowest BCUT2D eigenvalue weighted by atomic mass is 10.3. The molecule has 1 fully saturated rings. The van der Waals surface area contributed by atoms with E-state index in [-0.39, 0.29) is 56.7 Å². The summed E-state index contributed by atoms with van der Waals surface area (Å²) in [6.45, 7) is 0.0829. The molecule has 1 heterocycles. The molecule has 1 unspecified atom stereocenters. The van der Waals surface area contributed by atoms with Crippen molar-refractivity contribution in [1.82, 2.24) is 10.2 Å². The molecule has 2 N–H and O–H groups in total. The molecule has 0 bridgehead atoms. The van der Waals surface area contributed by atoms with E-state index < -0.39 is 6.04 Å². The topological polar surface area (TPSA) is 95.9 Å². The van der Waals surface area contributed by atoms with Crippen LogP contribution in [0.25, 0.3) is 0 Å². The zero-order chi connectivity index (χ0) is 13.5. The molecule has 0 aromatic carbocycles. The average Bonchev–Trinajstić information content (AvgIpc) is 2.66. The molecule has 7 heteroatoms. The number of methoxy groups -OCH3 is 1. The number of ether oxygens (including phenoxy) is 1. The number of aliphatic hydroxyl groups excluding tert-OH is 1. The van der Waals surface area contributed by atoms with Gasteiger partial charge in [-0.25, -0.2) is 0 Å². The van der Waals surface area contributed by atoms with Crippen molar-refractivity contribution in [3.05, 3.63) is 0 Å². The minimum atomic E-state index is -0.465. The molecule has 18 heavy (non-hydrogen) atoms. The number of hydrogen-bond acceptors (Lipinski definition) is 5. The Kier molecular flexibility index (Phi) is 5.73. The van der Waals surface area contributed by atoms with Gasteiger partial charge in [0, 0.05) is 32.9 Å². The van der Waals surface area contributed by atoms with Gasteiger partial charge in [-0.3, -0.25) is 19.3 Å². The largest absolute Gasteiger partial charge is 0.394 e. The summed E-state index contributed by atoms with van der Waals surface area (Å²) < 4.78 is 4.81. The Morgan fingerprint density at radius 2 is 2.06 bits per heavy atom. The minimum absolute atomic E-state index is 0.0394. The second kappa shape index (κ2) is 7.07. The van der Waals surface area contributed by atoms with Crippen LogP contribution in [0.3, 0.4) is 0 Å². The first-order valence-corrected chi connectivity index (χ1v) is 5.80. The SMILES string of the molecule is COCC(CO)NC(=O)CCN1C(=O)CCC1=O. The Labute approximate surface area is 105 Å². The van der Waals surface area contributed by atoms with Crippen molar-refractivity contribution in [3.63, 3.8) is 0 Å². The number of carbonyl (C=O) groups is 3. The minimum Gasteiger partial charge on any atom is -0.394 e. The molecule has 7 nitrogen and oxygen atoms in total. The monoisotopic (exact) mass is 258 g/mol. The molecular formula is C11H18N2O5. The second-order valence-corrected chi connectivity index (χ2v) is 4.09. The molecule has 3 amide bonds. The maximum absolute atomic E-state index is 11.5. The standard InChI is InChI=1S/C11H18N2O5/c1-18-7-8(6-14)12-9(15)4-5-13-10(16)2-3-11(13)17/h8,14H,2-7H2,1H3,(H,12,15). The van der Waals surface area contributed by atoms with Crippen LogP contribution in [-0.4, -0.2) is 60.6 Å². The lowest BCUT2D eigenvalue weighted by molar-refractivity contribution is -0.138. The van der Waals surface area contributed by atoms with Gasteiger partial charge in [0.15, 0.2) is 0 Å². The number of amides is 3. The average molecular weight is 258 g/mol. The third-order valence-corrected chi connectivity index (χ3v) is 2.67. The van der Waals surface area contributed by atoms with E-state index in [2.05, 4.69) is 5.32 Å². The van der Waals surface area contributed by atoms with Crippen molar-refractivity contribution in [2.75, 3.05) is 26.9 Å². The fourth-order valence-corrected chi connectivity index (χ4v) is 1.73. The van der Waals surface area contributed by atoms with Gasteiger partial charge in [-0.15, -0.1) is 0 Å². The molecule has 102 valence electrons. The van der Waals surface area contributed by atoms with Crippen molar-refractivity contribution in [1.29, 1.82) is 0 Å². The van der Waals surface area contributed by atoms with Crippen LogP contribution < -0.4 is 5.32 Å². The van der Waals surface area contributed by atoms with E-state index in [1.165, 1.54) is 7.11 Å². The number of nitrogens with one attached hydrogen (secondary N) is 1. The summed E-state index contributed by atoms with van der Waals surface area (Å²) in [5.74, 6) is -0.787. The normalized spacial score (nSPS) is 17.1. The highest BCUT2D eigenvalue weighted by molar-refractivity contribution is 6.02. The Bertz CT molecular complexity index is 315. The summed E-state index contributed by atoms with van der Waals surface area (Å²) in [7, 11) is 1.47. The quantitative estimate of drug-likeness (QED) is 0.550. The zero-order valence-electron chi connectivity index (χ0n) is 10.3. The van der Waals surface area contributed by atoms with E-state index in [0.717, 1.165) is 4.90 Å². The number of rotatable bonds is 7. The predicted molar refractivity (Wildman–Crippen MR) is 61.5 cm³/mol. The highest BCUT2D eigenvalue weighted by atomic mass is 16.5. The van der Waals surface area contributed by atoms with Crippen LogP contribution in [0, 0.1) is 0 Å². The molecule has 1 atom stereocenters. The van der Waals surface area contributed by atoms with Crippen LogP contribution in [0.2, 0.25) is 0 Å². The van der Waals surface area contributed by atoms with Crippen molar-refractivity contribution in [2.24, 2.45) is 0 Å². The maximum atomic E-state index is 11.5. The van der Waals surface area contributed by atoms with Crippen LogP contribution in [-0.2, 0) is 19.1 Å². The number of aliphatic hydroxyl groups is 1. The third-order valence-electron chi connectivity index (χ3n) is 2.67. The van der Waals surface area contributed by atoms with E-state index >= 15 is 0 Å². The summed E-state index contributed by atoms with van der Waals surface area (Å²) in [5, 5.41) is 11.5. The fourth-order valence-electron chi connectivity index (χ4n) is 1.73. The van der Waals surface area contributed by atoms with Gasteiger partial charge in [0.05, 0.1) is 19.3 Å². The summed E-state index contributed by atoms with van der Waals surface area (Å²) in [5.41, 5.74) is 0. The first-order chi connectivity index (χ1) is 8.58. The smallest absolute Gasteiger partial charge is 0.229 e. The van der Waals surface area contributed by atoms with Crippen molar-refractivity contribution >= 4 is 17.7 Å². The number of hydrogen-bond donors (Lipinski definition) is 2. The first-order valence-electron chi connectivity index (χ1n) is 5.80. The molecule has 1 aliphatic heterocycles. The molecule has 0 saturated carbocycles. The van der Waals surface area contributed by atoms with Gasteiger partial charge >= 0.3 is 0 Å². The van der Waals surface area contributed by atoms with Crippen LogP contribution in [0.1, 0.15) is 19.3 Å². The molecule has 0 spiro atoms. The van der Waals surface area contributed by atoms with Crippen LogP contribution in [0.5, 0.6) is 0 Å². The number of nitrogens with zero attached hydrogens (tertiary/aromatic N) is 1. The molecular weight excluding hydrogens is 240 g/mol. The van der Waals surface area contributed by atoms with Crippen LogP contribution in [0.15, 0.2) is 0 Å². The fraction of sp³-hybridized carbons (Fsp3) is 0.727. The maximum Gasteiger partial charge on any atom is 0.229 e. The summed E-state index contributed by atoms with van der Waals surface area (Å²) >= 11 is 0. The Hall–Kier alpha value is -1.47. The van der Waals surface area contributed by atoms with E-state index in [9.17, 15) is 14.4 Å². The zero-order valence-corrected chi connectivity index (χ0v) is 10.3. The molecule has 1 aliphatic rings. The van der Waals surface area contributed by atoms with E-state index in [0.29, 0.717) is 0 Å². The highest BCUT2D eigenvalue weighted by Gasteiger charge is 2.28. The predicted octanol–water partition coefficient (Wildman–Crippen LogP) is -1.35. The number of carbonyl (C=O) groups excluding carboxylic acids is 3. The van der Waals surface area contributed by atoms with Gasteiger partial charge in [-0.05, 0) is 0 Å².